The predicted molar refractivity (Wildman–Crippen MR) is 66.4 cm³/mol. The number of methoxy groups -OCH3 is 1. The van der Waals surface area contributed by atoms with Gasteiger partial charge in [0.1, 0.15) is 0 Å². The first kappa shape index (κ1) is 13.1. The quantitative estimate of drug-likeness (QED) is 0.770. The minimum absolute atomic E-state index is 0.204. The van der Waals surface area contributed by atoms with E-state index in [0.29, 0.717) is 0 Å². The molecule has 0 saturated heterocycles. The summed E-state index contributed by atoms with van der Waals surface area (Å²) in [7, 11) is 1.77. The lowest BCUT2D eigenvalue weighted by molar-refractivity contribution is 0.0650. The van der Waals surface area contributed by atoms with Gasteiger partial charge in [0.05, 0.1) is 12.1 Å². The Morgan fingerprint density at radius 1 is 1.44 bits per heavy atom. The third kappa shape index (κ3) is 3.58. The first-order valence-electron chi connectivity index (χ1n) is 5.99. The summed E-state index contributed by atoms with van der Waals surface area (Å²) in [6.07, 6.45) is 6.03. The Kier molecular flexibility index (Phi) is 6.04. The number of nitrogens with one attached hydrogen (secondary N) is 1. The molecule has 0 aliphatic heterocycles. The summed E-state index contributed by atoms with van der Waals surface area (Å²) in [6, 6.07) is 4.31. The summed E-state index contributed by atoms with van der Waals surface area (Å²) in [5.74, 6) is 0. The molecule has 0 fully saturated rings. The number of rotatable bonds is 7. The SMILES string of the molecule is CCCNC(c1cccnc1)C(CC)OC. The van der Waals surface area contributed by atoms with Gasteiger partial charge in [0.15, 0.2) is 0 Å². The van der Waals surface area contributed by atoms with E-state index in [1.807, 2.05) is 12.3 Å². The largest absolute Gasteiger partial charge is 0.379 e. The molecule has 1 rings (SSSR count). The average molecular weight is 222 g/mol. The molecule has 0 bridgehead atoms. The third-order valence-electron chi connectivity index (χ3n) is 2.73. The van der Waals surface area contributed by atoms with Crippen molar-refractivity contribution < 1.29 is 4.74 Å². The van der Waals surface area contributed by atoms with Crippen LogP contribution < -0.4 is 5.32 Å². The molecule has 1 aromatic heterocycles. The lowest BCUT2D eigenvalue weighted by atomic mass is 10.0. The van der Waals surface area contributed by atoms with Gasteiger partial charge in [0, 0.05) is 19.5 Å². The Hall–Kier alpha value is -0.930. The zero-order valence-corrected chi connectivity index (χ0v) is 10.4. The number of pyridine rings is 1. The number of ether oxygens (including phenoxy) is 1. The van der Waals surface area contributed by atoms with Crippen molar-refractivity contribution in [2.75, 3.05) is 13.7 Å². The zero-order chi connectivity index (χ0) is 11.8. The molecule has 90 valence electrons. The number of hydrogen-bond donors (Lipinski definition) is 1. The van der Waals surface area contributed by atoms with Gasteiger partial charge in [0.2, 0.25) is 0 Å². The van der Waals surface area contributed by atoms with Crippen LogP contribution in [0.15, 0.2) is 24.5 Å². The summed E-state index contributed by atoms with van der Waals surface area (Å²) in [5.41, 5.74) is 1.20. The van der Waals surface area contributed by atoms with Gasteiger partial charge in [-0.2, -0.15) is 0 Å². The molecular formula is C13H22N2O. The highest BCUT2D eigenvalue weighted by molar-refractivity contribution is 5.15. The van der Waals surface area contributed by atoms with Gasteiger partial charge < -0.3 is 10.1 Å². The van der Waals surface area contributed by atoms with Gasteiger partial charge in [-0.1, -0.05) is 19.9 Å². The first-order chi connectivity index (χ1) is 7.83. The molecule has 0 aliphatic rings. The Morgan fingerprint density at radius 2 is 2.25 bits per heavy atom. The van der Waals surface area contributed by atoms with Gasteiger partial charge in [-0.05, 0) is 31.0 Å². The Bertz CT molecular complexity index is 273. The van der Waals surface area contributed by atoms with E-state index in [9.17, 15) is 0 Å². The fourth-order valence-corrected chi connectivity index (χ4v) is 1.86. The third-order valence-corrected chi connectivity index (χ3v) is 2.73. The van der Waals surface area contributed by atoms with Gasteiger partial charge in [-0.15, -0.1) is 0 Å². The monoisotopic (exact) mass is 222 g/mol. The van der Waals surface area contributed by atoms with E-state index >= 15 is 0 Å². The van der Waals surface area contributed by atoms with E-state index in [2.05, 4.69) is 30.2 Å². The van der Waals surface area contributed by atoms with Crippen LogP contribution >= 0.6 is 0 Å². The van der Waals surface area contributed by atoms with E-state index < -0.39 is 0 Å². The molecule has 0 aromatic carbocycles. The standard InChI is InChI=1S/C13H22N2O/c1-4-8-15-13(12(5-2)16-3)11-7-6-9-14-10-11/h6-7,9-10,12-13,15H,4-5,8H2,1-3H3. The second-order valence-electron chi connectivity index (χ2n) is 3.90. The van der Waals surface area contributed by atoms with Gasteiger partial charge >= 0.3 is 0 Å². The molecule has 0 aliphatic carbocycles. The highest BCUT2D eigenvalue weighted by Gasteiger charge is 2.20. The highest BCUT2D eigenvalue weighted by atomic mass is 16.5. The van der Waals surface area contributed by atoms with Crippen molar-refractivity contribution in [2.45, 2.75) is 38.8 Å². The molecule has 0 amide bonds. The lowest BCUT2D eigenvalue weighted by Gasteiger charge is -2.26. The van der Waals surface area contributed by atoms with Crippen LogP contribution in [0.1, 0.15) is 38.3 Å². The molecule has 2 atom stereocenters. The van der Waals surface area contributed by atoms with Crippen molar-refractivity contribution in [3.63, 3.8) is 0 Å². The van der Waals surface area contributed by atoms with Crippen LogP contribution in [0.4, 0.5) is 0 Å². The van der Waals surface area contributed by atoms with Gasteiger partial charge in [-0.3, -0.25) is 4.98 Å². The summed E-state index contributed by atoms with van der Waals surface area (Å²) in [5, 5.41) is 3.52. The van der Waals surface area contributed by atoms with Crippen molar-refractivity contribution in [3.05, 3.63) is 30.1 Å². The van der Waals surface area contributed by atoms with Crippen molar-refractivity contribution in [2.24, 2.45) is 0 Å². The first-order valence-corrected chi connectivity index (χ1v) is 5.99. The van der Waals surface area contributed by atoms with E-state index in [4.69, 9.17) is 4.74 Å². The number of aromatic nitrogens is 1. The lowest BCUT2D eigenvalue weighted by Crippen LogP contribution is -2.33. The molecule has 3 nitrogen and oxygen atoms in total. The van der Waals surface area contributed by atoms with Gasteiger partial charge in [-0.25, -0.2) is 0 Å². The van der Waals surface area contributed by atoms with Crippen LogP contribution in [-0.2, 0) is 4.74 Å². The fourth-order valence-electron chi connectivity index (χ4n) is 1.86. The molecule has 1 heterocycles. The Balaban J connectivity index is 2.78. The van der Waals surface area contributed by atoms with E-state index in [0.717, 1.165) is 19.4 Å². The predicted octanol–water partition coefficient (Wildman–Crippen LogP) is 2.55. The van der Waals surface area contributed by atoms with Crippen LogP contribution in [-0.4, -0.2) is 24.7 Å². The Labute approximate surface area is 98.2 Å². The van der Waals surface area contributed by atoms with Crippen LogP contribution in [0, 0.1) is 0 Å². The minimum Gasteiger partial charge on any atom is -0.379 e. The summed E-state index contributed by atoms with van der Waals surface area (Å²) in [6.45, 7) is 5.31. The molecule has 0 spiro atoms. The van der Waals surface area contributed by atoms with Crippen molar-refractivity contribution in [3.8, 4) is 0 Å². The maximum absolute atomic E-state index is 5.52. The fraction of sp³-hybridized carbons (Fsp3) is 0.615. The Morgan fingerprint density at radius 3 is 2.75 bits per heavy atom. The van der Waals surface area contributed by atoms with Crippen LogP contribution in [0.3, 0.4) is 0 Å². The molecule has 0 saturated carbocycles. The smallest absolute Gasteiger partial charge is 0.0763 e. The molecule has 0 radical (unpaired) electrons. The van der Waals surface area contributed by atoms with Crippen molar-refractivity contribution in [1.29, 1.82) is 0 Å². The maximum Gasteiger partial charge on any atom is 0.0763 e. The summed E-state index contributed by atoms with van der Waals surface area (Å²) >= 11 is 0. The van der Waals surface area contributed by atoms with E-state index in [1.165, 1.54) is 5.56 Å². The van der Waals surface area contributed by atoms with E-state index in [1.54, 1.807) is 13.3 Å². The van der Waals surface area contributed by atoms with Gasteiger partial charge in [0.25, 0.3) is 0 Å². The van der Waals surface area contributed by atoms with E-state index in [-0.39, 0.29) is 12.1 Å². The summed E-state index contributed by atoms with van der Waals surface area (Å²) in [4.78, 5) is 4.17. The summed E-state index contributed by atoms with van der Waals surface area (Å²) < 4.78 is 5.52. The zero-order valence-electron chi connectivity index (χ0n) is 10.4. The molecular weight excluding hydrogens is 200 g/mol. The van der Waals surface area contributed by atoms with Crippen molar-refractivity contribution >= 4 is 0 Å². The minimum atomic E-state index is 0.204. The molecule has 3 heteroatoms. The van der Waals surface area contributed by atoms with Crippen LogP contribution in [0.5, 0.6) is 0 Å². The van der Waals surface area contributed by atoms with Crippen LogP contribution in [0.25, 0.3) is 0 Å². The normalized spacial score (nSPS) is 14.7. The van der Waals surface area contributed by atoms with Crippen molar-refractivity contribution in [1.82, 2.24) is 10.3 Å². The molecule has 2 unspecified atom stereocenters. The second-order valence-corrected chi connectivity index (χ2v) is 3.90. The highest BCUT2D eigenvalue weighted by Crippen LogP contribution is 2.20. The molecule has 1 N–H and O–H groups in total. The average Bonchev–Trinajstić information content (AvgIpc) is 2.35. The number of nitrogens with zero attached hydrogens (tertiary/aromatic N) is 1. The maximum atomic E-state index is 5.52. The second kappa shape index (κ2) is 7.36. The molecule has 1 aromatic rings. The van der Waals surface area contributed by atoms with Crippen LogP contribution in [0.2, 0.25) is 0 Å². The topological polar surface area (TPSA) is 34.2 Å². The molecule has 16 heavy (non-hydrogen) atoms. The number of hydrogen-bond acceptors (Lipinski definition) is 3.